The number of carbonyl (C=O) groups is 3. The third-order valence-corrected chi connectivity index (χ3v) is 3.37. The Morgan fingerprint density at radius 2 is 1.50 bits per heavy atom. The number of aliphatic carboxylic acids is 2. The van der Waals surface area contributed by atoms with Gasteiger partial charge < -0.3 is 27.0 Å². The summed E-state index contributed by atoms with van der Waals surface area (Å²) in [5, 5.41) is 20.1. The molecule has 0 heterocycles. The molecule has 7 N–H and O–H groups in total. The third kappa shape index (κ3) is 13.4. The Morgan fingerprint density at radius 3 is 2.04 bits per heavy atom. The molecule has 0 aromatic rings. The lowest BCUT2D eigenvalue weighted by Gasteiger charge is -2.14. The fourth-order valence-electron chi connectivity index (χ4n) is 2.12. The van der Waals surface area contributed by atoms with Crippen molar-refractivity contribution in [1.82, 2.24) is 5.32 Å². The van der Waals surface area contributed by atoms with Crippen molar-refractivity contribution in [2.75, 3.05) is 6.54 Å². The Kier molecular flexibility index (Phi) is 11.9. The number of carboxylic acid groups (broad SMARTS) is 2. The van der Waals surface area contributed by atoms with Crippen LogP contribution in [0.5, 0.6) is 0 Å². The quantitative estimate of drug-likeness (QED) is 0.173. The van der Waals surface area contributed by atoms with Gasteiger partial charge in [0.05, 0.1) is 0 Å². The number of nitrogens with two attached hydrogens (primary N) is 2. The van der Waals surface area contributed by atoms with E-state index >= 15 is 0 Å². The molecule has 0 bridgehead atoms. The Labute approximate surface area is 141 Å². The Bertz CT molecular complexity index is 436. The van der Waals surface area contributed by atoms with Gasteiger partial charge in [-0.2, -0.15) is 0 Å². The van der Waals surface area contributed by atoms with Gasteiger partial charge in [-0.3, -0.25) is 14.6 Å². The highest BCUT2D eigenvalue weighted by molar-refractivity contribution is 5.83. The zero-order valence-corrected chi connectivity index (χ0v) is 13.9. The highest BCUT2D eigenvalue weighted by Crippen LogP contribution is 2.08. The molecule has 0 aliphatic rings. The number of nitrogens with one attached hydrogen (secondary N) is 1. The highest BCUT2D eigenvalue weighted by Gasteiger charge is 2.18. The molecule has 0 fully saturated rings. The fraction of sp³-hybridized carbons (Fsp3) is 0.733. The van der Waals surface area contributed by atoms with Gasteiger partial charge in [-0.15, -0.1) is 0 Å². The van der Waals surface area contributed by atoms with E-state index in [4.69, 9.17) is 21.7 Å². The molecule has 0 aliphatic carbocycles. The summed E-state index contributed by atoms with van der Waals surface area (Å²) >= 11 is 0. The van der Waals surface area contributed by atoms with Crippen LogP contribution >= 0.6 is 0 Å². The van der Waals surface area contributed by atoms with E-state index in [0.717, 1.165) is 19.3 Å². The number of hydrogen-bond acceptors (Lipinski definition) is 4. The second-order valence-corrected chi connectivity index (χ2v) is 5.57. The van der Waals surface area contributed by atoms with Crippen LogP contribution in [0.15, 0.2) is 4.99 Å². The van der Waals surface area contributed by atoms with Crippen LogP contribution < -0.4 is 16.8 Å². The molecule has 1 atom stereocenters. The van der Waals surface area contributed by atoms with Crippen molar-refractivity contribution in [3.8, 4) is 0 Å². The Hall–Kier alpha value is -2.32. The average molecular weight is 344 g/mol. The SMILES string of the molecule is NC(N)=NCCC[C@H](NC(=O)CCCCCCCC(=O)O)C(=O)O. The Balaban J connectivity index is 3.85. The number of carboxylic acids is 2. The molecule has 0 aromatic heterocycles. The first-order chi connectivity index (χ1) is 11.3. The highest BCUT2D eigenvalue weighted by atomic mass is 16.4. The minimum atomic E-state index is -1.08. The van der Waals surface area contributed by atoms with Gasteiger partial charge in [-0.25, -0.2) is 4.79 Å². The van der Waals surface area contributed by atoms with Gasteiger partial charge in [0.25, 0.3) is 0 Å². The fourth-order valence-corrected chi connectivity index (χ4v) is 2.12. The second kappa shape index (κ2) is 13.1. The number of amides is 1. The van der Waals surface area contributed by atoms with Gasteiger partial charge in [-0.05, 0) is 25.7 Å². The van der Waals surface area contributed by atoms with Crippen molar-refractivity contribution >= 4 is 23.8 Å². The van der Waals surface area contributed by atoms with Crippen LogP contribution in [0.4, 0.5) is 0 Å². The van der Waals surface area contributed by atoms with E-state index in [1.807, 2.05) is 0 Å². The molecule has 9 nitrogen and oxygen atoms in total. The zero-order valence-electron chi connectivity index (χ0n) is 13.9. The summed E-state index contributed by atoms with van der Waals surface area (Å²) < 4.78 is 0. The Morgan fingerprint density at radius 1 is 0.917 bits per heavy atom. The molecule has 1 amide bonds. The number of hydrogen-bond donors (Lipinski definition) is 5. The van der Waals surface area contributed by atoms with Crippen LogP contribution in [-0.2, 0) is 14.4 Å². The van der Waals surface area contributed by atoms with Gasteiger partial charge in [0, 0.05) is 19.4 Å². The maximum Gasteiger partial charge on any atom is 0.326 e. The lowest BCUT2D eigenvalue weighted by molar-refractivity contribution is -0.142. The van der Waals surface area contributed by atoms with Crippen LogP contribution in [0.2, 0.25) is 0 Å². The molecule has 0 aliphatic heterocycles. The summed E-state index contributed by atoms with van der Waals surface area (Å²) in [6.07, 6.45) is 4.92. The van der Waals surface area contributed by atoms with Crippen LogP contribution in [0, 0.1) is 0 Å². The smallest absolute Gasteiger partial charge is 0.326 e. The molecule has 0 radical (unpaired) electrons. The van der Waals surface area contributed by atoms with Crippen molar-refractivity contribution in [3.05, 3.63) is 0 Å². The molecular weight excluding hydrogens is 316 g/mol. The summed E-state index contributed by atoms with van der Waals surface area (Å²) in [5.41, 5.74) is 10.4. The first-order valence-corrected chi connectivity index (χ1v) is 8.12. The monoisotopic (exact) mass is 344 g/mol. The first-order valence-electron chi connectivity index (χ1n) is 8.12. The van der Waals surface area contributed by atoms with Crippen molar-refractivity contribution in [1.29, 1.82) is 0 Å². The summed E-state index contributed by atoms with van der Waals surface area (Å²) in [7, 11) is 0. The predicted octanol–water partition coefficient (Wildman–Crippen LogP) is 0.425. The van der Waals surface area contributed by atoms with Crippen LogP contribution in [0.25, 0.3) is 0 Å². The normalized spacial score (nSPS) is 11.5. The molecule has 0 aromatic carbocycles. The topological polar surface area (TPSA) is 168 Å². The molecule has 0 saturated heterocycles. The second-order valence-electron chi connectivity index (χ2n) is 5.57. The van der Waals surface area contributed by atoms with Gasteiger partial charge in [0.1, 0.15) is 6.04 Å². The molecule has 24 heavy (non-hydrogen) atoms. The minimum absolute atomic E-state index is 0.0470. The number of guanidine groups is 1. The van der Waals surface area contributed by atoms with Gasteiger partial charge in [0.15, 0.2) is 5.96 Å². The molecule has 0 unspecified atom stereocenters. The number of rotatable bonds is 14. The summed E-state index contributed by atoms with van der Waals surface area (Å²) in [6.45, 7) is 0.318. The van der Waals surface area contributed by atoms with E-state index in [1.165, 1.54) is 0 Å². The average Bonchev–Trinajstić information content (AvgIpc) is 2.48. The van der Waals surface area contributed by atoms with Crippen molar-refractivity contribution < 1.29 is 24.6 Å². The standard InChI is InChI=1S/C15H28N4O5/c16-15(17)18-10-6-7-11(14(23)24)19-12(20)8-4-2-1-3-5-9-13(21)22/h11H,1-10H2,(H,19,20)(H,21,22)(H,23,24)(H4,16,17,18)/t11-/m0/s1. The van der Waals surface area contributed by atoms with E-state index < -0.39 is 18.0 Å². The van der Waals surface area contributed by atoms with Crippen molar-refractivity contribution in [2.45, 2.75) is 63.8 Å². The van der Waals surface area contributed by atoms with E-state index in [-0.39, 0.29) is 31.1 Å². The molecular formula is C15H28N4O5. The molecule has 9 heteroatoms. The molecule has 0 saturated carbocycles. The number of carbonyl (C=O) groups excluding carboxylic acids is 1. The lowest BCUT2D eigenvalue weighted by atomic mass is 10.1. The molecule has 0 spiro atoms. The van der Waals surface area contributed by atoms with Crippen LogP contribution in [0.3, 0.4) is 0 Å². The van der Waals surface area contributed by atoms with E-state index in [2.05, 4.69) is 10.3 Å². The predicted molar refractivity (Wildman–Crippen MR) is 89.4 cm³/mol. The van der Waals surface area contributed by atoms with E-state index in [1.54, 1.807) is 0 Å². The summed E-state index contributed by atoms with van der Waals surface area (Å²) in [5.74, 6) is -2.22. The lowest BCUT2D eigenvalue weighted by Crippen LogP contribution is -2.40. The van der Waals surface area contributed by atoms with Gasteiger partial charge >= 0.3 is 11.9 Å². The maximum atomic E-state index is 11.8. The maximum absolute atomic E-state index is 11.8. The zero-order chi connectivity index (χ0) is 18.4. The molecule has 138 valence electrons. The van der Waals surface area contributed by atoms with E-state index in [0.29, 0.717) is 25.8 Å². The van der Waals surface area contributed by atoms with Crippen molar-refractivity contribution in [2.24, 2.45) is 16.5 Å². The molecule has 0 rings (SSSR count). The summed E-state index contributed by atoms with van der Waals surface area (Å²) in [4.78, 5) is 37.0. The third-order valence-electron chi connectivity index (χ3n) is 3.37. The van der Waals surface area contributed by atoms with Crippen LogP contribution in [0.1, 0.15) is 57.8 Å². The number of unbranched alkanes of at least 4 members (excludes halogenated alkanes) is 4. The largest absolute Gasteiger partial charge is 0.481 e. The minimum Gasteiger partial charge on any atom is -0.481 e. The van der Waals surface area contributed by atoms with Gasteiger partial charge in [0.2, 0.25) is 5.91 Å². The summed E-state index contributed by atoms with van der Waals surface area (Å²) in [6, 6.07) is -0.942. The van der Waals surface area contributed by atoms with E-state index in [9.17, 15) is 14.4 Å². The van der Waals surface area contributed by atoms with Gasteiger partial charge in [-0.1, -0.05) is 19.3 Å². The van der Waals surface area contributed by atoms with Crippen molar-refractivity contribution in [3.63, 3.8) is 0 Å². The van der Waals surface area contributed by atoms with Crippen LogP contribution in [-0.4, -0.2) is 46.6 Å². The number of nitrogens with zero attached hydrogens (tertiary/aromatic N) is 1. The number of aliphatic imine (C=N–C) groups is 1. The first kappa shape index (κ1) is 21.7.